The van der Waals surface area contributed by atoms with Gasteiger partial charge in [-0.25, -0.2) is 4.98 Å². The standard InChI is InChI=1S/C19H24N2O3/c1-13(2)12-23-16-9-15(10-17(11-16)24-14(3)4)19(22)21-18-7-5-6-8-20-18/h5-11,13-14H,12H2,1-4H3,(H,20,21,22). The Bertz CT molecular complexity index is 670. The molecule has 2 aromatic rings. The van der Waals surface area contributed by atoms with Gasteiger partial charge in [-0.05, 0) is 44.0 Å². The van der Waals surface area contributed by atoms with Crippen molar-refractivity contribution in [2.45, 2.75) is 33.8 Å². The number of ether oxygens (including phenoxy) is 2. The maximum absolute atomic E-state index is 12.5. The molecule has 1 aromatic carbocycles. The molecule has 0 saturated carbocycles. The number of hydrogen-bond donors (Lipinski definition) is 1. The summed E-state index contributed by atoms with van der Waals surface area (Å²) in [5.74, 6) is 1.87. The van der Waals surface area contributed by atoms with Crippen LogP contribution >= 0.6 is 0 Å². The normalized spacial score (nSPS) is 10.8. The van der Waals surface area contributed by atoms with Crippen molar-refractivity contribution in [2.24, 2.45) is 5.92 Å². The molecule has 1 amide bonds. The summed E-state index contributed by atoms with van der Waals surface area (Å²) in [5.41, 5.74) is 0.470. The van der Waals surface area contributed by atoms with Crippen molar-refractivity contribution in [1.82, 2.24) is 4.98 Å². The molecule has 0 aliphatic carbocycles. The monoisotopic (exact) mass is 328 g/mol. The fourth-order valence-corrected chi connectivity index (χ4v) is 2.01. The van der Waals surface area contributed by atoms with Gasteiger partial charge >= 0.3 is 0 Å². The van der Waals surface area contributed by atoms with Gasteiger partial charge in [0.15, 0.2) is 0 Å². The molecule has 0 spiro atoms. The number of benzene rings is 1. The first-order valence-corrected chi connectivity index (χ1v) is 8.11. The minimum Gasteiger partial charge on any atom is -0.493 e. The zero-order chi connectivity index (χ0) is 17.5. The van der Waals surface area contributed by atoms with E-state index in [2.05, 4.69) is 24.1 Å². The van der Waals surface area contributed by atoms with Gasteiger partial charge < -0.3 is 14.8 Å². The van der Waals surface area contributed by atoms with Gasteiger partial charge in [-0.15, -0.1) is 0 Å². The molecule has 0 radical (unpaired) electrons. The van der Waals surface area contributed by atoms with E-state index in [1.165, 1.54) is 0 Å². The Morgan fingerprint density at radius 1 is 1.12 bits per heavy atom. The van der Waals surface area contributed by atoms with Crippen LogP contribution in [0.3, 0.4) is 0 Å². The molecule has 0 bridgehead atoms. The summed E-state index contributed by atoms with van der Waals surface area (Å²) in [6.07, 6.45) is 1.64. The third kappa shape index (κ3) is 5.57. The Kier molecular flexibility index (Phi) is 6.18. The van der Waals surface area contributed by atoms with Crippen LogP contribution in [-0.2, 0) is 0 Å². The van der Waals surface area contributed by atoms with Crippen LogP contribution in [0.2, 0.25) is 0 Å². The molecule has 5 nitrogen and oxygen atoms in total. The molecule has 0 atom stereocenters. The molecule has 0 saturated heterocycles. The number of carbonyl (C=O) groups excluding carboxylic acids is 1. The van der Waals surface area contributed by atoms with E-state index >= 15 is 0 Å². The van der Waals surface area contributed by atoms with E-state index in [-0.39, 0.29) is 12.0 Å². The van der Waals surface area contributed by atoms with Crippen molar-refractivity contribution in [3.05, 3.63) is 48.2 Å². The molecule has 5 heteroatoms. The lowest BCUT2D eigenvalue weighted by molar-refractivity contribution is 0.102. The van der Waals surface area contributed by atoms with E-state index in [1.807, 2.05) is 19.9 Å². The molecule has 2 rings (SSSR count). The number of nitrogens with zero attached hydrogens (tertiary/aromatic N) is 1. The summed E-state index contributed by atoms with van der Waals surface area (Å²) in [7, 11) is 0. The Morgan fingerprint density at radius 2 is 1.88 bits per heavy atom. The Hall–Kier alpha value is -2.56. The minimum atomic E-state index is -0.252. The summed E-state index contributed by atoms with van der Waals surface area (Å²) < 4.78 is 11.5. The highest BCUT2D eigenvalue weighted by Crippen LogP contribution is 2.25. The van der Waals surface area contributed by atoms with Gasteiger partial charge in [0.1, 0.15) is 17.3 Å². The second-order valence-electron chi connectivity index (χ2n) is 6.23. The lowest BCUT2D eigenvalue weighted by atomic mass is 10.1. The van der Waals surface area contributed by atoms with Gasteiger partial charge in [0.25, 0.3) is 5.91 Å². The van der Waals surface area contributed by atoms with Crippen molar-refractivity contribution in [2.75, 3.05) is 11.9 Å². The summed E-state index contributed by atoms with van der Waals surface area (Å²) in [4.78, 5) is 16.6. The number of amides is 1. The van der Waals surface area contributed by atoms with Crippen molar-refractivity contribution in [3.8, 4) is 11.5 Å². The molecule has 0 aliphatic rings. The van der Waals surface area contributed by atoms with Crippen LogP contribution in [0.1, 0.15) is 38.1 Å². The van der Waals surface area contributed by atoms with Gasteiger partial charge in [-0.2, -0.15) is 0 Å². The minimum absolute atomic E-state index is 0.0112. The van der Waals surface area contributed by atoms with Crippen LogP contribution in [0.5, 0.6) is 11.5 Å². The van der Waals surface area contributed by atoms with E-state index in [9.17, 15) is 4.79 Å². The first-order chi connectivity index (χ1) is 11.4. The highest BCUT2D eigenvalue weighted by Gasteiger charge is 2.12. The maximum Gasteiger partial charge on any atom is 0.257 e. The van der Waals surface area contributed by atoms with E-state index < -0.39 is 0 Å². The smallest absolute Gasteiger partial charge is 0.257 e. The van der Waals surface area contributed by atoms with Crippen molar-refractivity contribution in [3.63, 3.8) is 0 Å². The lowest BCUT2D eigenvalue weighted by Crippen LogP contribution is -2.14. The summed E-state index contributed by atoms with van der Waals surface area (Å²) in [6, 6.07) is 10.6. The third-order valence-electron chi connectivity index (χ3n) is 3.00. The molecular weight excluding hydrogens is 304 g/mol. The molecule has 0 unspecified atom stereocenters. The Labute approximate surface area is 143 Å². The number of pyridine rings is 1. The van der Waals surface area contributed by atoms with E-state index in [1.54, 1.807) is 36.5 Å². The topological polar surface area (TPSA) is 60.5 Å². The average molecular weight is 328 g/mol. The van der Waals surface area contributed by atoms with Crippen molar-refractivity contribution < 1.29 is 14.3 Å². The number of carbonyl (C=O) groups is 1. The highest BCUT2D eigenvalue weighted by molar-refractivity contribution is 6.04. The van der Waals surface area contributed by atoms with E-state index in [4.69, 9.17) is 9.47 Å². The first kappa shape index (κ1) is 17.8. The zero-order valence-electron chi connectivity index (χ0n) is 14.6. The average Bonchev–Trinajstić information content (AvgIpc) is 2.53. The van der Waals surface area contributed by atoms with Crippen LogP contribution in [0.4, 0.5) is 5.82 Å². The Morgan fingerprint density at radius 3 is 2.50 bits per heavy atom. The van der Waals surface area contributed by atoms with Gasteiger partial charge in [-0.1, -0.05) is 19.9 Å². The molecule has 0 fully saturated rings. The molecular formula is C19H24N2O3. The molecule has 1 aromatic heterocycles. The molecule has 0 aliphatic heterocycles. The number of anilines is 1. The second kappa shape index (κ2) is 8.34. The predicted molar refractivity (Wildman–Crippen MR) is 94.7 cm³/mol. The molecule has 1 N–H and O–H groups in total. The van der Waals surface area contributed by atoms with Gasteiger partial charge in [0.05, 0.1) is 12.7 Å². The Balaban J connectivity index is 2.22. The fraction of sp³-hybridized carbons (Fsp3) is 0.368. The zero-order valence-corrected chi connectivity index (χ0v) is 14.6. The highest BCUT2D eigenvalue weighted by atomic mass is 16.5. The van der Waals surface area contributed by atoms with Crippen LogP contribution in [0.15, 0.2) is 42.6 Å². The van der Waals surface area contributed by atoms with Crippen LogP contribution in [0.25, 0.3) is 0 Å². The number of rotatable bonds is 7. The van der Waals surface area contributed by atoms with Gasteiger partial charge in [-0.3, -0.25) is 4.79 Å². The maximum atomic E-state index is 12.5. The van der Waals surface area contributed by atoms with Gasteiger partial charge in [0, 0.05) is 17.8 Å². The predicted octanol–water partition coefficient (Wildman–Crippen LogP) is 4.16. The molecule has 128 valence electrons. The quantitative estimate of drug-likeness (QED) is 0.829. The molecule has 1 heterocycles. The SMILES string of the molecule is CC(C)COc1cc(OC(C)C)cc(C(=O)Nc2ccccn2)c1. The van der Waals surface area contributed by atoms with E-state index in [0.29, 0.717) is 35.4 Å². The summed E-state index contributed by atoms with van der Waals surface area (Å²) >= 11 is 0. The molecule has 24 heavy (non-hydrogen) atoms. The van der Waals surface area contributed by atoms with Crippen molar-refractivity contribution in [1.29, 1.82) is 0 Å². The largest absolute Gasteiger partial charge is 0.493 e. The van der Waals surface area contributed by atoms with Crippen molar-refractivity contribution >= 4 is 11.7 Å². The summed E-state index contributed by atoms with van der Waals surface area (Å²) in [5, 5.41) is 2.77. The summed E-state index contributed by atoms with van der Waals surface area (Å²) in [6.45, 7) is 8.60. The van der Waals surface area contributed by atoms with Crippen LogP contribution < -0.4 is 14.8 Å². The lowest BCUT2D eigenvalue weighted by Gasteiger charge is -2.15. The number of nitrogens with one attached hydrogen (secondary N) is 1. The number of hydrogen-bond acceptors (Lipinski definition) is 4. The number of aromatic nitrogens is 1. The van der Waals surface area contributed by atoms with Crippen LogP contribution in [0, 0.1) is 5.92 Å². The van der Waals surface area contributed by atoms with Gasteiger partial charge in [0.2, 0.25) is 0 Å². The van der Waals surface area contributed by atoms with E-state index in [0.717, 1.165) is 0 Å². The third-order valence-corrected chi connectivity index (χ3v) is 3.00. The second-order valence-corrected chi connectivity index (χ2v) is 6.23. The first-order valence-electron chi connectivity index (χ1n) is 8.11. The fourth-order valence-electron chi connectivity index (χ4n) is 2.01. The van der Waals surface area contributed by atoms with Crippen LogP contribution in [-0.4, -0.2) is 23.6 Å².